The number of phosphoric ester groups is 1. The third-order valence-electron chi connectivity index (χ3n) is 14.4. The molecule has 0 aliphatic rings. The lowest BCUT2D eigenvalue weighted by Gasteiger charge is -2.24. The van der Waals surface area contributed by atoms with Crippen molar-refractivity contribution in [2.45, 2.75) is 302 Å². The Kier molecular flexibility index (Phi) is 58.6. The Morgan fingerprint density at radius 3 is 1.06 bits per heavy atom. The Bertz CT molecular complexity index is 1630. The number of rotatable bonds is 61. The van der Waals surface area contributed by atoms with Crippen molar-refractivity contribution in [1.29, 1.82) is 0 Å². The average molecular weight is 1140 g/mol. The number of phosphoric acid groups is 1. The smallest absolute Gasteiger partial charge is 0.462 e. The fourth-order valence-corrected chi connectivity index (χ4v) is 10.1. The molecule has 80 heavy (non-hydrogen) atoms. The highest BCUT2D eigenvalue weighted by Gasteiger charge is 2.27. The van der Waals surface area contributed by atoms with Gasteiger partial charge in [-0.05, 0) is 70.6 Å². The topological polar surface area (TPSA) is 108 Å². The Hall–Kier alpha value is -2.81. The lowest BCUT2D eigenvalue weighted by atomic mass is 10.0. The van der Waals surface area contributed by atoms with E-state index in [2.05, 4.69) is 98.9 Å². The second-order valence-corrected chi connectivity index (χ2v) is 24.9. The minimum Gasteiger partial charge on any atom is -0.462 e. The highest BCUT2D eigenvalue weighted by Crippen LogP contribution is 2.43. The molecule has 0 amide bonds. The number of ether oxygens (including phenoxy) is 2. The monoisotopic (exact) mass is 1140 g/mol. The molecule has 0 aromatic rings. The van der Waals surface area contributed by atoms with Crippen LogP contribution in [-0.4, -0.2) is 74.9 Å². The van der Waals surface area contributed by atoms with Crippen LogP contribution in [0, 0.1) is 0 Å². The van der Waals surface area contributed by atoms with E-state index >= 15 is 0 Å². The van der Waals surface area contributed by atoms with Gasteiger partial charge in [0.15, 0.2) is 6.10 Å². The summed E-state index contributed by atoms with van der Waals surface area (Å²) in [5, 5.41) is 0. The number of unbranched alkanes of at least 4 members (excludes halogenated alkanes) is 33. The van der Waals surface area contributed by atoms with Crippen LogP contribution in [0.4, 0.5) is 0 Å². The molecule has 0 heterocycles. The van der Waals surface area contributed by atoms with Crippen molar-refractivity contribution >= 4 is 19.8 Å². The maximum absolute atomic E-state index is 12.8. The van der Waals surface area contributed by atoms with Gasteiger partial charge in [-0.2, -0.15) is 0 Å². The summed E-state index contributed by atoms with van der Waals surface area (Å²) in [6, 6.07) is 0. The van der Waals surface area contributed by atoms with Gasteiger partial charge in [0.2, 0.25) is 0 Å². The van der Waals surface area contributed by atoms with E-state index in [1.807, 2.05) is 21.1 Å². The molecule has 2 unspecified atom stereocenters. The van der Waals surface area contributed by atoms with Crippen LogP contribution in [0.2, 0.25) is 0 Å². The van der Waals surface area contributed by atoms with E-state index in [0.29, 0.717) is 17.4 Å². The number of quaternary nitrogens is 1. The van der Waals surface area contributed by atoms with Crippen molar-refractivity contribution in [3.8, 4) is 0 Å². The fourth-order valence-electron chi connectivity index (χ4n) is 9.35. The first-order valence-electron chi connectivity index (χ1n) is 33.3. The van der Waals surface area contributed by atoms with Gasteiger partial charge in [0, 0.05) is 12.8 Å². The zero-order valence-corrected chi connectivity index (χ0v) is 53.7. The molecule has 10 heteroatoms. The van der Waals surface area contributed by atoms with E-state index in [-0.39, 0.29) is 32.0 Å². The van der Waals surface area contributed by atoms with Crippen molar-refractivity contribution in [2.24, 2.45) is 0 Å². The number of hydrogen-bond acceptors (Lipinski definition) is 7. The van der Waals surface area contributed by atoms with E-state index in [1.54, 1.807) is 0 Å². The maximum Gasteiger partial charge on any atom is 0.472 e. The lowest BCUT2D eigenvalue weighted by molar-refractivity contribution is -0.870. The Morgan fingerprint density at radius 1 is 0.400 bits per heavy atom. The van der Waals surface area contributed by atoms with Crippen molar-refractivity contribution in [3.63, 3.8) is 0 Å². The largest absolute Gasteiger partial charge is 0.472 e. The number of hydrogen-bond donors (Lipinski definition) is 1. The summed E-state index contributed by atoms with van der Waals surface area (Å²) in [6.07, 6.45) is 82.6. The van der Waals surface area contributed by atoms with Crippen LogP contribution >= 0.6 is 7.82 Å². The van der Waals surface area contributed by atoms with Gasteiger partial charge in [0.05, 0.1) is 27.7 Å². The first-order chi connectivity index (χ1) is 39.0. The zero-order chi connectivity index (χ0) is 58.4. The molecule has 0 fully saturated rings. The Morgan fingerprint density at radius 2 is 0.713 bits per heavy atom. The van der Waals surface area contributed by atoms with Gasteiger partial charge >= 0.3 is 19.8 Å². The highest BCUT2D eigenvalue weighted by atomic mass is 31.2. The van der Waals surface area contributed by atoms with Gasteiger partial charge in [0.1, 0.15) is 19.8 Å². The molecule has 0 bridgehead atoms. The standard InChI is InChI=1S/C70H126NO8P/c1-6-8-10-12-14-16-18-20-22-24-26-28-30-32-33-34-35-36-37-39-40-42-44-46-48-50-52-54-56-58-60-62-69(72)76-66-68(67-78-80(74,75)77-65-64-71(3,4)5)79-70(73)63-61-59-57-55-53-51-49-47-45-43-41-38-31-29-27-25-23-21-19-17-15-13-11-9-7-2/h9,11,15,17,21,23,27,29,38,41,45,47,51,53,68H,6-8,10,12-14,16,18-20,22,24-26,28,30-37,39-40,42-44,46,48-50,52,54-67H2,1-5H3/p+1/b11-9-,17-15-,23-21-,29-27-,41-38-,47-45-,53-51-. The molecule has 2 atom stereocenters. The third-order valence-corrected chi connectivity index (χ3v) is 15.4. The molecule has 0 aliphatic carbocycles. The molecular weight excluding hydrogens is 1010 g/mol. The predicted molar refractivity (Wildman–Crippen MR) is 344 cm³/mol. The van der Waals surface area contributed by atoms with Crippen molar-refractivity contribution in [1.82, 2.24) is 0 Å². The molecule has 0 aromatic carbocycles. The summed E-state index contributed by atoms with van der Waals surface area (Å²) < 4.78 is 34.6. The van der Waals surface area contributed by atoms with Crippen LogP contribution < -0.4 is 0 Å². The van der Waals surface area contributed by atoms with E-state index < -0.39 is 26.5 Å². The summed E-state index contributed by atoms with van der Waals surface area (Å²) in [4.78, 5) is 35.8. The lowest BCUT2D eigenvalue weighted by Crippen LogP contribution is -2.37. The van der Waals surface area contributed by atoms with Gasteiger partial charge in [-0.25, -0.2) is 4.57 Å². The molecule has 1 N–H and O–H groups in total. The second-order valence-electron chi connectivity index (χ2n) is 23.5. The third kappa shape index (κ3) is 64.4. The van der Waals surface area contributed by atoms with Gasteiger partial charge in [-0.15, -0.1) is 0 Å². The van der Waals surface area contributed by atoms with Crippen LogP contribution in [-0.2, 0) is 32.7 Å². The number of nitrogens with zero attached hydrogens (tertiary/aromatic N) is 1. The van der Waals surface area contributed by atoms with Crippen molar-refractivity contribution in [3.05, 3.63) is 85.1 Å². The highest BCUT2D eigenvalue weighted by molar-refractivity contribution is 7.47. The van der Waals surface area contributed by atoms with Gasteiger partial charge in [-0.3, -0.25) is 18.6 Å². The number of likely N-dealkylation sites (N-methyl/N-ethyl adjacent to an activating group) is 1. The quantitative estimate of drug-likeness (QED) is 0.0211. The van der Waals surface area contributed by atoms with Crippen LogP contribution in [0.5, 0.6) is 0 Å². The van der Waals surface area contributed by atoms with Crippen molar-refractivity contribution in [2.75, 3.05) is 47.5 Å². The summed E-state index contributed by atoms with van der Waals surface area (Å²) >= 11 is 0. The number of esters is 2. The van der Waals surface area contributed by atoms with E-state index in [0.717, 1.165) is 83.5 Å². The molecular formula is C70H127NO8P+. The minimum atomic E-state index is -4.40. The summed E-state index contributed by atoms with van der Waals surface area (Å²) in [7, 11) is 1.45. The molecule has 0 aromatic heterocycles. The first-order valence-corrected chi connectivity index (χ1v) is 34.8. The zero-order valence-electron chi connectivity index (χ0n) is 52.8. The molecule has 464 valence electrons. The van der Waals surface area contributed by atoms with Gasteiger partial charge in [0.25, 0.3) is 0 Å². The average Bonchev–Trinajstić information content (AvgIpc) is 3.42. The normalized spacial score (nSPS) is 13.7. The summed E-state index contributed by atoms with van der Waals surface area (Å²) in [5.74, 6) is -0.829. The second kappa shape index (κ2) is 60.8. The fraction of sp³-hybridized carbons (Fsp3) is 0.771. The maximum atomic E-state index is 12.8. The van der Waals surface area contributed by atoms with Gasteiger partial charge in [-0.1, -0.05) is 298 Å². The number of allylic oxidation sites excluding steroid dienone is 14. The first kappa shape index (κ1) is 77.2. The molecule has 0 aliphatic heterocycles. The molecule has 0 spiro atoms. The molecule has 0 saturated heterocycles. The van der Waals surface area contributed by atoms with E-state index in [9.17, 15) is 19.0 Å². The molecule has 0 saturated carbocycles. The molecule has 0 radical (unpaired) electrons. The van der Waals surface area contributed by atoms with Crippen LogP contribution in [0.1, 0.15) is 296 Å². The van der Waals surface area contributed by atoms with E-state index in [4.69, 9.17) is 18.5 Å². The van der Waals surface area contributed by atoms with Crippen LogP contribution in [0.15, 0.2) is 85.1 Å². The number of carbonyl (C=O) groups is 2. The summed E-state index contributed by atoms with van der Waals surface area (Å²) in [5.41, 5.74) is 0. The van der Waals surface area contributed by atoms with E-state index in [1.165, 1.54) is 180 Å². The molecule has 0 rings (SSSR count). The van der Waals surface area contributed by atoms with Crippen LogP contribution in [0.3, 0.4) is 0 Å². The molecule has 9 nitrogen and oxygen atoms in total. The minimum absolute atomic E-state index is 0.0220. The Labute approximate surface area is 494 Å². The van der Waals surface area contributed by atoms with Crippen molar-refractivity contribution < 1.29 is 42.1 Å². The SMILES string of the molecule is CC/C=C\C/C=C\C/C=C\C/C=C\C/C=C\C/C=C\C/C=C\CCCCCC(=O)OC(COC(=O)CCCCCCCCCCCCCCCCCCCCCCCCCCCCCCCCC)COP(=O)(O)OCC[N+](C)(C)C. The number of carbonyl (C=O) groups excluding carboxylic acids is 2. The Balaban J connectivity index is 4.10. The van der Waals surface area contributed by atoms with Crippen LogP contribution in [0.25, 0.3) is 0 Å². The van der Waals surface area contributed by atoms with Gasteiger partial charge < -0.3 is 18.9 Å². The summed E-state index contributed by atoms with van der Waals surface area (Å²) in [6.45, 7) is 4.31. The predicted octanol–water partition coefficient (Wildman–Crippen LogP) is 21.4.